The van der Waals surface area contributed by atoms with Crippen molar-refractivity contribution in [2.45, 2.75) is 19.8 Å². The number of rotatable bonds is 5. The van der Waals surface area contributed by atoms with Gasteiger partial charge >= 0.3 is 5.97 Å². The molecule has 0 radical (unpaired) electrons. The van der Waals surface area contributed by atoms with Gasteiger partial charge < -0.3 is 4.74 Å². The molecule has 0 aliphatic rings. The smallest absolute Gasteiger partial charge is 0.330 e. The Hall–Kier alpha value is -1.57. The third-order valence-electron chi connectivity index (χ3n) is 1.98. The molecule has 0 fully saturated rings. The number of ether oxygens (including phenoxy) is 1. The molecule has 2 heteroatoms. The molecule has 0 aliphatic heterocycles. The van der Waals surface area contributed by atoms with Crippen molar-refractivity contribution in [1.82, 2.24) is 0 Å². The van der Waals surface area contributed by atoms with Crippen LogP contribution in [0.5, 0.6) is 0 Å². The van der Waals surface area contributed by atoms with Gasteiger partial charge in [0.1, 0.15) is 0 Å². The molecule has 0 heterocycles. The number of hydrogen-bond acceptors (Lipinski definition) is 2. The molecule has 0 unspecified atom stereocenters. The maximum atomic E-state index is 10.9. The second kappa shape index (κ2) is 6.82. The van der Waals surface area contributed by atoms with Crippen LogP contribution in [-0.2, 0) is 16.0 Å². The van der Waals surface area contributed by atoms with E-state index in [9.17, 15) is 4.79 Å². The van der Waals surface area contributed by atoms with E-state index in [4.69, 9.17) is 4.74 Å². The fraction of sp³-hybridized carbons (Fsp3) is 0.308. The Morgan fingerprint density at radius 2 is 2.07 bits per heavy atom. The van der Waals surface area contributed by atoms with Crippen molar-refractivity contribution in [2.75, 3.05) is 6.61 Å². The number of benzene rings is 1. The van der Waals surface area contributed by atoms with Crippen molar-refractivity contribution < 1.29 is 9.53 Å². The Bertz CT molecular complexity index is 315. The van der Waals surface area contributed by atoms with Crippen LogP contribution in [0.3, 0.4) is 0 Å². The van der Waals surface area contributed by atoms with Crippen LogP contribution in [0.25, 0.3) is 0 Å². The molecule has 0 atom stereocenters. The van der Waals surface area contributed by atoms with Gasteiger partial charge in [-0.3, -0.25) is 0 Å². The molecule has 80 valence electrons. The van der Waals surface area contributed by atoms with E-state index >= 15 is 0 Å². The van der Waals surface area contributed by atoms with Crippen LogP contribution in [0, 0.1) is 0 Å². The van der Waals surface area contributed by atoms with Gasteiger partial charge in [0, 0.05) is 6.08 Å². The highest BCUT2D eigenvalue weighted by Gasteiger charge is 1.93. The average Bonchev–Trinajstić information content (AvgIpc) is 2.26. The van der Waals surface area contributed by atoms with Crippen LogP contribution in [0.4, 0.5) is 0 Å². The van der Waals surface area contributed by atoms with Crippen molar-refractivity contribution in [3.63, 3.8) is 0 Å². The Labute approximate surface area is 90.6 Å². The fourth-order valence-corrected chi connectivity index (χ4v) is 1.26. The summed E-state index contributed by atoms with van der Waals surface area (Å²) in [6.45, 7) is 2.23. The summed E-state index contributed by atoms with van der Waals surface area (Å²) in [5, 5.41) is 0. The van der Waals surface area contributed by atoms with Crippen molar-refractivity contribution in [2.24, 2.45) is 0 Å². The number of aryl methyl sites for hydroxylation is 1. The number of esters is 1. The summed E-state index contributed by atoms with van der Waals surface area (Å²) in [7, 11) is 0. The standard InChI is InChI=1S/C13H16O2/c1-2-15-13(14)11-7-6-10-12-8-4-3-5-9-12/h3-5,7-9,11H,2,6,10H2,1H3/b11-7-. The van der Waals surface area contributed by atoms with E-state index in [1.807, 2.05) is 24.3 Å². The van der Waals surface area contributed by atoms with E-state index < -0.39 is 0 Å². The van der Waals surface area contributed by atoms with Gasteiger partial charge in [0.25, 0.3) is 0 Å². The summed E-state index contributed by atoms with van der Waals surface area (Å²) >= 11 is 0. The summed E-state index contributed by atoms with van der Waals surface area (Å²) < 4.78 is 4.77. The van der Waals surface area contributed by atoms with Gasteiger partial charge in [0.2, 0.25) is 0 Å². The van der Waals surface area contributed by atoms with E-state index in [0.29, 0.717) is 6.61 Å². The molecular weight excluding hydrogens is 188 g/mol. The lowest BCUT2D eigenvalue weighted by atomic mass is 10.1. The summed E-state index contributed by atoms with van der Waals surface area (Å²) in [5.41, 5.74) is 1.28. The summed E-state index contributed by atoms with van der Waals surface area (Å²) in [5.74, 6) is -0.259. The van der Waals surface area contributed by atoms with Gasteiger partial charge in [0.05, 0.1) is 6.61 Å². The summed E-state index contributed by atoms with van der Waals surface area (Å²) in [4.78, 5) is 10.9. The predicted molar refractivity (Wildman–Crippen MR) is 60.5 cm³/mol. The summed E-state index contributed by atoms with van der Waals surface area (Å²) in [6.07, 6.45) is 5.16. The lowest BCUT2D eigenvalue weighted by molar-refractivity contribution is -0.137. The first-order valence-electron chi connectivity index (χ1n) is 5.20. The van der Waals surface area contributed by atoms with Crippen LogP contribution in [0.15, 0.2) is 42.5 Å². The van der Waals surface area contributed by atoms with Gasteiger partial charge in [-0.1, -0.05) is 36.4 Å². The predicted octanol–water partition coefficient (Wildman–Crippen LogP) is 2.74. The number of hydrogen-bond donors (Lipinski definition) is 0. The molecule has 1 rings (SSSR count). The molecule has 1 aromatic carbocycles. The van der Waals surface area contributed by atoms with Gasteiger partial charge in [-0.05, 0) is 25.3 Å². The minimum absolute atomic E-state index is 0.259. The molecule has 0 N–H and O–H groups in total. The first-order valence-corrected chi connectivity index (χ1v) is 5.20. The van der Waals surface area contributed by atoms with Crippen LogP contribution in [-0.4, -0.2) is 12.6 Å². The molecule has 0 spiro atoms. The number of allylic oxidation sites excluding steroid dienone is 1. The topological polar surface area (TPSA) is 26.3 Å². The van der Waals surface area contributed by atoms with E-state index in [1.54, 1.807) is 6.92 Å². The van der Waals surface area contributed by atoms with Crippen molar-refractivity contribution >= 4 is 5.97 Å². The van der Waals surface area contributed by atoms with Gasteiger partial charge in [-0.25, -0.2) is 4.79 Å². The second-order valence-corrected chi connectivity index (χ2v) is 3.18. The Kier molecular flexibility index (Phi) is 5.23. The lowest BCUT2D eigenvalue weighted by Gasteiger charge is -1.97. The Morgan fingerprint density at radius 1 is 1.33 bits per heavy atom. The largest absolute Gasteiger partial charge is 0.463 e. The van der Waals surface area contributed by atoms with Crippen LogP contribution < -0.4 is 0 Å². The highest BCUT2D eigenvalue weighted by atomic mass is 16.5. The maximum Gasteiger partial charge on any atom is 0.330 e. The molecule has 0 bridgehead atoms. The van der Waals surface area contributed by atoms with Crippen molar-refractivity contribution in [3.05, 3.63) is 48.0 Å². The molecule has 0 aromatic heterocycles. The van der Waals surface area contributed by atoms with Gasteiger partial charge in [0.15, 0.2) is 0 Å². The third kappa shape index (κ3) is 5.01. The van der Waals surface area contributed by atoms with E-state index in [2.05, 4.69) is 12.1 Å². The first-order chi connectivity index (χ1) is 7.33. The minimum Gasteiger partial charge on any atom is -0.463 e. The normalized spacial score (nSPS) is 10.5. The number of carbonyl (C=O) groups excluding carboxylic acids is 1. The SMILES string of the molecule is CCOC(=O)/C=C\CCc1ccccc1. The fourth-order valence-electron chi connectivity index (χ4n) is 1.26. The van der Waals surface area contributed by atoms with Crippen molar-refractivity contribution in [3.8, 4) is 0 Å². The monoisotopic (exact) mass is 204 g/mol. The lowest BCUT2D eigenvalue weighted by Crippen LogP contribution is -1.98. The molecule has 0 saturated heterocycles. The maximum absolute atomic E-state index is 10.9. The first kappa shape index (κ1) is 11.5. The van der Waals surface area contributed by atoms with E-state index in [0.717, 1.165) is 12.8 Å². The van der Waals surface area contributed by atoms with Gasteiger partial charge in [-0.15, -0.1) is 0 Å². The zero-order chi connectivity index (χ0) is 10.9. The van der Waals surface area contributed by atoms with Crippen LogP contribution in [0.1, 0.15) is 18.9 Å². The zero-order valence-corrected chi connectivity index (χ0v) is 8.98. The van der Waals surface area contributed by atoms with E-state index in [-0.39, 0.29) is 5.97 Å². The summed E-state index contributed by atoms with van der Waals surface area (Å²) in [6, 6.07) is 10.2. The molecule has 0 aliphatic carbocycles. The Balaban J connectivity index is 2.24. The number of carbonyl (C=O) groups is 1. The quantitative estimate of drug-likeness (QED) is 0.544. The second-order valence-electron chi connectivity index (χ2n) is 3.18. The molecule has 0 amide bonds. The Morgan fingerprint density at radius 3 is 2.73 bits per heavy atom. The van der Waals surface area contributed by atoms with Crippen molar-refractivity contribution in [1.29, 1.82) is 0 Å². The molecule has 0 saturated carbocycles. The third-order valence-corrected chi connectivity index (χ3v) is 1.98. The van der Waals surface area contributed by atoms with Crippen LogP contribution in [0.2, 0.25) is 0 Å². The average molecular weight is 204 g/mol. The molecule has 15 heavy (non-hydrogen) atoms. The van der Waals surface area contributed by atoms with Gasteiger partial charge in [-0.2, -0.15) is 0 Å². The molecular formula is C13H16O2. The highest BCUT2D eigenvalue weighted by molar-refractivity contribution is 5.81. The van der Waals surface area contributed by atoms with E-state index in [1.165, 1.54) is 11.6 Å². The zero-order valence-electron chi connectivity index (χ0n) is 8.98. The molecule has 1 aromatic rings. The minimum atomic E-state index is -0.259. The molecule has 2 nitrogen and oxygen atoms in total. The highest BCUT2D eigenvalue weighted by Crippen LogP contribution is 2.02. The van der Waals surface area contributed by atoms with Crippen LogP contribution >= 0.6 is 0 Å².